The lowest BCUT2D eigenvalue weighted by molar-refractivity contribution is -0.119. The van der Waals surface area contributed by atoms with Crippen LogP contribution in [0, 0.1) is 6.92 Å². The zero-order valence-corrected chi connectivity index (χ0v) is 12.8. The fraction of sp³-hybridized carbons (Fsp3) is 0.500. The number of hydrogen-bond donors (Lipinski definition) is 2. The van der Waals surface area contributed by atoms with E-state index in [1.54, 1.807) is 13.0 Å². The molecule has 1 heterocycles. The van der Waals surface area contributed by atoms with E-state index in [-0.39, 0.29) is 10.9 Å². The van der Waals surface area contributed by atoms with E-state index in [0.29, 0.717) is 37.3 Å². The highest BCUT2D eigenvalue weighted by Gasteiger charge is 2.22. The first-order chi connectivity index (χ1) is 9.88. The monoisotopic (exact) mass is 312 g/mol. The largest absolute Gasteiger partial charge is 0.399 e. The number of nitrogen functional groups attached to an aromatic ring is 1. The molecule has 21 heavy (non-hydrogen) atoms. The SMILES string of the molecule is Cc1cc(S(=O)(=O)CC(=O)NC2CCOCC2)ccc1N. The lowest BCUT2D eigenvalue weighted by Crippen LogP contribution is -2.41. The molecule has 0 bridgehead atoms. The Labute approximate surface area is 124 Å². The Balaban J connectivity index is 2.02. The smallest absolute Gasteiger partial charge is 0.235 e. The molecule has 1 aliphatic heterocycles. The van der Waals surface area contributed by atoms with Crippen LogP contribution >= 0.6 is 0 Å². The van der Waals surface area contributed by atoms with E-state index in [2.05, 4.69) is 5.32 Å². The molecule has 116 valence electrons. The maximum Gasteiger partial charge on any atom is 0.235 e. The van der Waals surface area contributed by atoms with Crippen LogP contribution < -0.4 is 11.1 Å². The Hall–Kier alpha value is -1.60. The summed E-state index contributed by atoms with van der Waals surface area (Å²) in [6, 6.07) is 4.46. The predicted octanol–water partition coefficient (Wildman–Crippen LogP) is 0.646. The average molecular weight is 312 g/mol. The van der Waals surface area contributed by atoms with Crippen LogP contribution in [-0.2, 0) is 19.4 Å². The Bertz CT molecular complexity index is 622. The first kappa shape index (κ1) is 15.8. The highest BCUT2D eigenvalue weighted by Crippen LogP contribution is 2.18. The molecule has 1 saturated heterocycles. The molecule has 1 amide bonds. The van der Waals surface area contributed by atoms with Crippen molar-refractivity contribution in [3.63, 3.8) is 0 Å². The van der Waals surface area contributed by atoms with Crippen LogP contribution in [0.3, 0.4) is 0 Å². The van der Waals surface area contributed by atoms with Crippen LogP contribution in [-0.4, -0.2) is 39.3 Å². The van der Waals surface area contributed by atoms with Gasteiger partial charge >= 0.3 is 0 Å². The van der Waals surface area contributed by atoms with Crippen molar-refractivity contribution in [1.82, 2.24) is 5.32 Å². The molecule has 1 aromatic rings. The number of anilines is 1. The molecule has 0 unspecified atom stereocenters. The van der Waals surface area contributed by atoms with Crippen molar-refractivity contribution >= 4 is 21.4 Å². The number of rotatable bonds is 4. The fourth-order valence-corrected chi connectivity index (χ4v) is 3.44. The summed E-state index contributed by atoms with van der Waals surface area (Å²) in [6.45, 7) is 2.92. The molecule has 0 saturated carbocycles. The zero-order chi connectivity index (χ0) is 15.5. The first-order valence-electron chi connectivity index (χ1n) is 6.84. The number of ether oxygens (including phenoxy) is 1. The molecule has 0 aromatic heterocycles. The van der Waals surface area contributed by atoms with Gasteiger partial charge in [0.05, 0.1) is 4.90 Å². The summed E-state index contributed by atoms with van der Waals surface area (Å²) in [5.41, 5.74) is 6.88. The van der Waals surface area contributed by atoms with Gasteiger partial charge in [-0.15, -0.1) is 0 Å². The molecular formula is C14H20N2O4S. The lowest BCUT2D eigenvalue weighted by Gasteiger charge is -2.23. The summed E-state index contributed by atoms with van der Waals surface area (Å²) in [5.74, 6) is -1.02. The standard InChI is InChI=1S/C14H20N2O4S/c1-10-8-12(2-3-13(10)15)21(18,19)9-14(17)16-11-4-6-20-7-5-11/h2-3,8,11H,4-7,9,15H2,1H3,(H,16,17). The first-order valence-corrected chi connectivity index (χ1v) is 8.50. The average Bonchev–Trinajstić information content (AvgIpc) is 2.42. The minimum absolute atomic E-state index is 0.00500. The van der Waals surface area contributed by atoms with E-state index in [4.69, 9.17) is 10.5 Å². The number of nitrogens with two attached hydrogens (primary N) is 1. The molecule has 0 atom stereocenters. The number of hydrogen-bond acceptors (Lipinski definition) is 5. The molecule has 0 aliphatic carbocycles. The minimum atomic E-state index is -3.65. The van der Waals surface area contributed by atoms with Crippen LogP contribution in [0.4, 0.5) is 5.69 Å². The van der Waals surface area contributed by atoms with Crippen molar-refractivity contribution < 1.29 is 17.9 Å². The quantitative estimate of drug-likeness (QED) is 0.795. The second kappa shape index (κ2) is 6.44. The van der Waals surface area contributed by atoms with E-state index >= 15 is 0 Å². The van der Waals surface area contributed by atoms with Gasteiger partial charge in [-0.3, -0.25) is 4.79 Å². The summed E-state index contributed by atoms with van der Waals surface area (Å²) in [7, 11) is -3.65. The van der Waals surface area contributed by atoms with E-state index in [1.165, 1.54) is 12.1 Å². The highest BCUT2D eigenvalue weighted by molar-refractivity contribution is 7.92. The number of carbonyl (C=O) groups excluding carboxylic acids is 1. The number of nitrogens with one attached hydrogen (secondary N) is 1. The Kier molecular flexibility index (Phi) is 4.84. The number of amides is 1. The van der Waals surface area contributed by atoms with E-state index in [0.717, 1.165) is 0 Å². The van der Waals surface area contributed by atoms with Gasteiger partial charge in [-0.2, -0.15) is 0 Å². The minimum Gasteiger partial charge on any atom is -0.399 e. The second-order valence-electron chi connectivity index (χ2n) is 5.23. The van der Waals surface area contributed by atoms with Gasteiger partial charge in [0.2, 0.25) is 5.91 Å². The normalized spacial score (nSPS) is 16.6. The summed E-state index contributed by atoms with van der Waals surface area (Å²) in [6.07, 6.45) is 1.43. The molecule has 1 aromatic carbocycles. The van der Waals surface area contributed by atoms with Crippen molar-refractivity contribution in [3.8, 4) is 0 Å². The van der Waals surface area contributed by atoms with Gasteiger partial charge in [-0.25, -0.2) is 8.42 Å². The van der Waals surface area contributed by atoms with Crippen LogP contribution in [0.25, 0.3) is 0 Å². The fourth-order valence-electron chi connectivity index (χ4n) is 2.21. The number of aryl methyl sites for hydroxylation is 1. The van der Waals surface area contributed by atoms with Crippen LogP contribution in [0.2, 0.25) is 0 Å². The van der Waals surface area contributed by atoms with Crippen molar-refractivity contribution in [1.29, 1.82) is 0 Å². The van der Waals surface area contributed by atoms with Gasteiger partial charge in [0.25, 0.3) is 0 Å². The molecule has 3 N–H and O–H groups in total. The summed E-state index contributed by atoms with van der Waals surface area (Å²) < 4.78 is 29.6. The molecule has 2 rings (SSSR count). The van der Waals surface area contributed by atoms with Crippen LogP contribution in [0.1, 0.15) is 18.4 Å². The van der Waals surface area contributed by atoms with Gasteiger partial charge < -0.3 is 15.8 Å². The predicted molar refractivity (Wildman–Crippen MR) is 79.6 cm³/mol. The topological polar surface area (TPSA) is 98.5 Å². The molecule has 7 heteroatoms. The van der Waals surface area contributed by atoms with Gasteiger partial charge in [0, 0.05) is 24.9 Å². The van der Waals surface area contributed by atoms with Gasteiger partial charge in [-0.1, -0.05) is 0 Å². The molecule has 1 aliphatic rings. The third-order valence-electron chi connectivity index (χ3n) is 3.51. The number of benzene rings is 1. The molecule has 6 nitrogen and oxygen atoms in total. The molecular weight excluding hydrogens is 292 g/mol. The Morgan fingerprint density at radius 3 is 2.67 bits per heavy atom. The van der Waals surface area contributed by atoms with Gasteiger partial charge in [0.1, 0.15) is 5.75 Å². The maximum absolute atomic E-state index is 12.2. The van der Waals surface area contributed by atoms with Crippen LogP contribution in [0.15, 0.2) is 23.1 Å². The summed E-state index contributed by atoms with van der Waals surface area (Å²) in [5, 5.41) is 2.75. The van der Waals surface area contributed by atoms with Crippen molar-refractivity contribution in [2.45, 2.75) is 30.7 Å². The summed E-state index contributed by atoms with van der Waals surface area (Å²) >= 11 is 0. The number of carbonyl (C=O) groups is 1. The highest BCUT2D eigenvalue weighted by atomic mass is 32.2. The van der Waals surface area contributed by atoms with Gasteiger partial charge in [0.15, 0.2) is 9.84 Å². The molecule has 0 spiro atoms. The third-order valence-corrected chi connectivity index (χ3v) is 5.12. The molecule has 1 fully saturated rings. The lowest BCUT2D eigenvalue weighted by atomic mass is 10.1. The summed E-state index contributed by atoms with van der Waals surface area (Å²) in [4.78, 5) is 12.0. The third kappa shape index (κ3) is 4.18. The Morgan fingerprint density at radius 2 is 2.05 bits per heavy atom. The maximum atomic E-state index is 12.2. The van der Waals surface area contributed by atoms with Gasteiger partial charge in [-0.05, 0) is 43.5 Å². The molecule has 0 radical (unpaired) electrons. The van der Waals surface area contributed by atoms with Crippen molar-refractivity contribution in [3.05, 3.63) is 23.8 Å². The van der Waals surface area contributed by atoms with E-state index in [9.17, 15) is 13.2 Å². The van der Waals surface area contributed by atoms with E-state index < -0.39 is 21.5 Å². The number of sulfone groups is 1. The van der Waals surface area contributed by atoms with Crippen molar-refractivity contribution in [2.24, 2.45) is 0 Å². The zero-order valence-electron chi connectivity index (χ0n) is 12.0. The van der Waals surface area contributed by atoms with Crippen molar-refractivity contribution in [2.75, 3.05) is 24.7 Å². The second-order valence-corrected chi connectivity index (χ2v) is 7.22. The van der Waals surface area contributed by atoms with Crippen LogP contribution in [0.5, 0.6) is 0 Å². The Morgan fingerprint density at radius 1 is 1.38 bits per heavy atom. The van der Waals surface area contributed by atoms with E-state index in [1.807, 2.05) is 0 Å².